The molecule has 0 aromatic rings. The molecule has 170 valence electrons. The largest absolute Gasteiger partial charge is 0.459 e. The van der Waals surface area contributed by atoms with E-state index >= 15 is 0 Å². The van der Waals surface area contributed by atoms with E-state index in [0.29, 0.717) is 12.5 Å². The van der Waals surface area contributed by atoms with E-state index in [9.17, 15) is 14.7 Å². The zero-order valence-corrected chi connectivity index (χ0v) is 19.2. The van der Waals surface area contributed by atoms with Crippen LogP contribution in [-0.2, 0) is 23.8 Å². The summed E-state index contributed by atoms with van der Waals surface area (Å²) in [7, 11) is 0. The van der Waals surface area contributed by atoms with Gasteiger partial charge in [0.2, 0.25) is 0 Å². The summed E-state index contributed by atoms with van der Waals surface area (Å²) in [5.74, 6) is -0.398. The average Bonchev–Trinajstić information content (AvgIpc) is 2.56. The topological polar surface area (TPSA) is 85.3 Å². The molecule has 1 saturated carbocycles. The summed E-state index contributed by atoms with van der Waals surface area (Å²) in [6, 6.07) is -0.780. The lowest BCUT2D eigenvalue weighted by atomic mass is 9.90. The summed E-state index contributed by atoms with van der Waals surface area (Å²) in [5.41, 5.74) is -1.28. The predicted molar refractivity (Wildman–Crippen MR) is 112 cm³/mol. The number of nitrogens with zero attached hydrogens (tertiary/aromatic N) is 1. The fourth-order valence-electron chi connectivity index (χ4n) is 3.41. The molecule has 0 heterocycles. The lowest BCUT2D eigenvalue weighted by Crippen LogP contribution is -2.51. The van der Waals surface area contributed by atoms with Gasteiger partial charge in [0.25, 0.3) is 0 Å². The zero-order valence-electron chi connectivity index (χ0n) is 19.2. The van der Waals surface area contributed by atoms with Crippen molar-refractivity contribution in [2.75, 3.05) is 32.9 Å². The Labute approximate surface area is 176 Å². The van der Waals surface area contributed by atoms with Crippen molar-refractivity contribution in [3.05, 3.63) is 0 Å². The predicted octanol–water partition coefficient (Wildman–Crippen LogP) is 2.93. The van der Waals surface area contributed by atoms with Crippen molar-refractivity contribution in [1.29, 1.82) is 0 Å². The van der Waals surface area contributed by atoms with Crippen LogP contribution in [0, 0.1) is 5.92 Å². The van der Waals surface area contributed by atoms with Gasteiger partial charge in [-0.2, -0.15) is 0 Å². The Kier molecular flexibility index (Phi) is 10.6. The minimum atomic E-state index is -0.780. The molecule has 0 aromatic carbocycles. The van der Waals surface area contributed by atoms with E-state index in [-0.39, 0.29) is 26.3 Å². The van der Waals surface area contributed by atoms with Crippen LogP contribution in [-0.4, -0.2) is 72.1 Å². The number of ether oxygens (including phenoxy) is 3. The second-order valence-corrected chi connectivity index (χ2v) is 9.87. The first-order valence-electron chi connectivity index (χ1n) is 10.8. The van der Waals surface area contributed by atoms with Crippen LogP contribution >= 0.6 is 0 Å². The maximum absolute atomic E-state index is 12.8. The molecule has 1 aliphatic rings. The maximum Gasteiger partial charge on any atom is 0.326 e. The summed E-state index contributed by atoms with van der Waals surface area (Å²) >= 11 is 0. The van der Waals surface area contributed by atoms with E-state index in [1.807, 2.05) is 0 Å². The van der Waals surface area contributed by atoms with Crippen LogP contribution in [0.4, 0.5) is 0 Å². The second kappa shape index (κ2) is 11.9. The van der Waals surface area contributed by atoms with E-state index in [1.165, 1.54) is 19.3 Å². The normalized spacial score (nSPS) is 17.2. The molecule has 0 bridgehead atoms. The molecule has 1 rings (SSSR count). The minimum absolute atomic E-state index is 0.117. The first-order chi connectivity index (χ1) is 13.4. The van der Waals surface area contributed by atoms with Gasteiger partial charge in [0.05, 0.1) is 19.8 Å². The number of aliphatic hydroxyl groups excluding tert-OH is 1. The van der Waals surface area contributed by atoms with Crippen molar-refractivity contribution >= 4 is 11.9 Å². The van der Waals surface area contributed by atoms with E-state index in [2.05, 4.69) is 0 Å². The molecule has 0 amide bonds. The van der Waals surface area contributed by atoms with Crippen molar-refractivity contribution < 1.29 is 28.9 Å². The molecule has 0 radical (unpaired) electrons. The molecular weight excluding hydrogens is 374 g/mol. The van der Waals surface area contributed by atoms with Crippen molar-refractivity contribution in [3.63, 3.8) is 0 Å². The van der Waals surface area contributed by atoms with E-state index in [4.69, 9.17) is 14.2 Å². The molecular formula is C22H41NO6. The van der Waals surface area contributed by atoms with Gasteiger partial charge < -0.3 is 19.3 Å². The van der Waals surface area contributed by atoms with Crippen molar-refractivity contribution in [2.24, 2.45) is 5.92 Å². The molecule has 0 aliphatic heterocycles. The SMILES string of the molecule is CC(C)(C)OC(=O)CN(CCO)[C@@H](COCC1CCCCC1)C(=O)OC(C)(C)C. The van der Waals surface area contributed by atoms with Crippen LogP contribution in [0.5, 0.6) is 0 Å². The van der Waals surface area contributed by atoms with Crippen LogP contribution in [0.2, 0.25) is 0 Å². The van der Waals surface area contributed by atoms with E-state index < -0.39 is 29.2 Å². The highest BCUT2D eigenvalue weighted by Gasteiger charge is 2.33. The van der Waals surface area contributed by atoms with Gasteiger partial charge in [-0.05, 0) is 60.3 Å². The first kappa shape index (κ1) is 25.9. The lowest BCUT2D eigenvalue weighted by Gasteiger charge is -2.32. The van der Waals surface area contributed by atoms with Crippen molar-refractivity contribution in [1.82, 2.24) is 4.90 Å². The molecule has 0 saturated heterocycles. The Balaban J connectivity index is 2.81. The lowest BCUT2D eigenvalue weighted by molar-refractivity contribution is -0.167. The fraction of sp³-hybridized carbons (Fsp3) is 0.909. The van der Waals surface area contributed by atoms with E-state index in [1.54, 1.807) is 46.4 Å². The van der Waals surface area contributed by atoms with Gasteiger partial charge in [-0.25, -0.2) is 0 Å². The van der Waals surface area contributed by atoms with Crippen LogP contribution in [0.15, 0.2) is 0 Å². The summed E-state index contributed by atoms with van der Waals surface area (Å²) in [5, 5.41) is 9.49. The number of rotatable bonds is 10. The smallest absolute Gasteiger partial charge is 0.326 e. The molecule has 1 fully saturated rings. The van der Waals surface area contributed by atoms with Gasteiger partial charge in [0.1, 0.15) is 17.2 Å². The third-order valence-corrected chi connectivity index (χ3v) is 4.61. The summed E-state index contributed by atoms with van der Waals surface area (Å²) in [6.07, 6.45) is 6.01. The number of hydrogen-bond donors (Lipinski definition) is 1. The number of aliphatic hydroxyl groups is 1. The van der Waals surface area contributed by atoms with Gasteiger partial charge >= 0.3 is 11.9 Å². The minimum Gasteiger partial charge on any atom is -0.459 e. The Hall–Kier alpha value is -1.18. The monoisotopic (exact) mass is 415 g/mol. The number of esters is 2. The van der Waals surface area contributed by atoms with E-state index in [0.717, 1.165) is 12.8 Å². The number of hydrogen-bond acceptors (Lipinski definition) is 7. The maximum atomic E-state index is 12.8. The van der Waals surface area contributed by atoms with Gasteiger partial charge in [0.15, 0.2) is 0 Å². The van der Waals surface area contributed by atoms with Crippen molar-refractivity contribution in [2.45, 2.75) is 90.9 Å². The Bertz CT molecular complexity index is 502. The van der Waals surface area contributed by atoms with Gasteiger partial charge in [-0.3, -0.25) is 14.5 Å². The quantitative estimate of drug-likeness (QED) is 0.549. The highest BCUT2D eigenvalue weighted by atomic mass is 16.6. The zero-order chi connectivity index (χ0) is 22.1. The second-order valence-electron chi connectivity index (χ2n) is 9.87. The van der Waals surface area contributed by atoms with Crippen molar-refractivity contribution in [3.8, 4) is 0 Å². The fourth-order valence-corrected chi connectivity index (χ4v) is 3.41. The highest BCUT2D eigenvalue weighted by Crippen LogP contribution is 2.24. The third kappa shape index (κ3) is 11.6. The van der Waals surface area contributed by atoms with Crippen LogP contribution in [0.25, 0.3) is 0 Å². The Morgan fingerprint density at radius 2 is 1.59 bits per heavy atom. The standard InChI is InChI=1S/C22H41NO6/c1-21(2,3)28-19(25)14-23(12-13-24)18(20(26)29-22(4,5)6)16-27-15-17-10-8-7-9-11-17/h17-18,24H,7-16H2,1-6H3/t18-/m0/s1. The van der Waals surface area contributed by atoms with Crippen LogP contribution < -0.4 is 0 Å². The summed E-state index contributed by atoms with van der Waals surface area (Å²) < 4.78 is 16.9. The van der Waals surface area contributed by atoms with Gasteiger partial charge in [0, 0.05) is 13.2 Å². The molecule has 7 nitrogen and oxygen atoms in total. The average molecular weight is 416 g/mol. The molecule has 7 heteroatoms. The molecule has 0 aromatic heterocycles. The molecule has 1 N–H and O–H groups in total. The first-order valence-corrected chi connectivity index (χ1v) is 10.8. The molecule has 29 heavy (non-hydrogen) atoms. The molecule has 1 atom stereocenters. The Morgan fingerprint density at radius 1 is 1.00 bits per heavy atom. The Morgan fingerprint density at radius 3 is 2.10 bits per heavy atom. The highest BCUT2D eigenvalue weighted by molar-refractivity contribution is 5.78. The third-order valence-electron chi connectivity index (χ3n) is 4.61. The van der Waals surface area contributed by atoms with Gasteiger partial charge in [-0.1, -0.05) is 19.3 Å². The van der Waals surface area contributed by atoms with Gasteiger partial charge in [-0.15, -0.1) is 0 Å². The van der Waals surface area contributed by atoms with Crippen LogP contribution in [0.1, 0.15) is 73.6 Å². The molecule has 0 unspecified atom stereocenters. The van der Waals surface area contributed by atoms with Crippen LogP contribution in [0.3, 0.4) is 0 Å². The summed E-state index contributed by atoms with van der Waals surface area (Å²) in [6.45, 7) is 11.3. The number of carbonyl (C=O) groups is 2. The summed E-state index contributed by atoms with van der Waals surface area (Å²) in [4.78, 5) is 26.8. The number of carbonyl (C=O) groups excluding carboxylic acids is 2. The molecule has 0 spiro atoms. The molecule has 1 aliphatic carbocycles.